The van der Waals surface area contributed by atoms with Crippen molar-refractivity contribution in [3.8, 4) is 22.5 Å². The SMILES string of the molecule is Cc1cc(-c2nnn(CC(C)(C)O)n2)cc(C)c1-c1ccc(F)c2c1CC[C@H]2Nc1cnc([C@H]2C[C@@H]2C(=O)O)cn1. The third-order valence-electron chi connectivity index (χ3n) is 7.86. The summed E-state index contributed by atoms with van der Waals surface area (Å²) in [7, 11) is 0. The molecule has 0 spiro atoms. The van der Waals surface area contributed by atoms with Crippen LogP contribution in [0.5, 0.6) is 0 Å². The van der Waals surface area contributed by atoms with Gasteiger partial charge in [-0.15, -0.1) is 10.2 Å². The molecule has 3 atom stereocenters. The highest BCUT2D eigenvalue weighted by Gasteiger charge is 2.45. The zero-order valence-electron chi connectivity index (χ0n) is 23.4. The molecule has 0 unspecified atom stereocenters. The van der Waals surface area contributed by atoms with E-state index in [1.807, 2.05) is 32.0 Å². The van der Waals surface area contributed by atoms with Gasteiger partial charge in [0.1, 0.15) is 11.6 Å². The number of benzene rings is 2. The Morgan fingerprint density at radius 2 is 1.93 bits per heavy atom. The number of hydrogen-bond acceptors (Lipinski definition) is 8. The zero-order chi connectivity index (χ0) is 29.1. The molecule has 0 amide bonds. The average Bonchev–Trinajstić information content (AvgIpc) is 3.40. The first-order valence-corrected chi connectivity index (χ1v) is 13.7. The van der Waals surface area contributed by atoms with Crippen LogP contribution in [0.15, 0.2) is 36.7 Å². The van der Waals surface area contributed by atoms with Crippen LogP contribution in [0.4, 0.5) is 10.2 Å². The maximum atomic E-state index is 15.3. The van der Waals surface area contributed by atoms with Crippen molar-refractivity contribution in [1.29, 1.82) is 0 Å². The van der Waals surface area contributed by atoms with Crippen LogP contribution in [0, 0.1) is 25.6 Å². The predicted octanol–water partition coefficient (Wildman–Crippen LogP) is 4.61. The van der Waals surface area contributed by atoms with Crippen molar-refractivity contribution < 1.29 is 19.4 Å². The van der Waals surface area contributed by atoms with E-state index in [0.29, 0.717) is 42.2 Å². The van der Waals surface area contributed by atoms with E-state index in [0.717, 1.165) is 33.4 Å². The van der Waals surface area contributed by atoms with Gasteiger partial charge in [-0.05, 0) is 98.2 Å². The van der Waals surface area contributed by atoms with Crippen LogP contribution in [0.3, 0.4) is 0 Å². The fourth-order valence-electron chi connectivity index (χ4n) is 5.96. The highest BCUT2D eigenvalue weighted by molar-refractivity contribution is 5.79. The van der Waals surface area contributed by atoms with E-state index in [9.17, 15) is 15.0 Å². The Hall–Kier alpha value is -4.25. The third kappa shape index (κ3) is 5.29. The standard InChI is InChI=1S/C30H32FN7O3/c1-15-9-17(28-35-37-38(36-28)14-30(3,4)41)10-16(2)26(15)18-5-7-22(31)27-19(18)6-8-23(27)34-25-13-32-24(12-33-25)20-11-21(20)29(39)40/h5,7,9-10,12-13,20-21,23,41H,6,8,11,14H2,1-4H3,(H,33,34)(H,39,40)/t20-,21-,23+/m0/s1. The minimum atomic E-state index is -0.957. The van der Waals surface area contributed by atoms with E-state index >= 15 is 4.39 Å². The summed E-state index contributed by atoms with van der Waals surface area (Å²) in [6.07, 6.45) is 5.22. The Morgan fingerprint density at radius 1 is 1.17 bits per heavy atom. The van der Waals surface area contributed by atoms with Crippen molar-refractivity contribution in [2.45, 2.75) is 71.1 Å². The van der Waals surface area contributed by atoms with E-state index < -0.39 is 11.6 Å². The molecule has 11 heteroatoms. The fraction of sp³-hybridized carbons (Fsp3) is 0.400. The molecule has 2 aromatic heterocycles. The van der Waals surface area contributed by atoms with Gasteiger partial charge in [0.25, 0.3) is 0 Å². The molecule has 0 saturated heterocycles. The van der Waals surface area contributed by atoms with Gasteiger partial charge in [-0.2, -0.15) is 4.80 Å². The van der Waals surface area contributed by atoms with E-state index in [2.05, 4.69) is 30.7 Å². The minimum Gasteiger partial charge on any atom is -0.481 e. The lowest BCUT2D eigenvalue weighted by Crippen LogP contribution is -2.27. The van der Waals surface area contributed by atoms with Gasteiger partial charge in [0.2, 0.25) is 5.82 Å². The number of carbonyl (C=O) groups is 1. The van der Waals surface area contributed by atoms with Crippen molar-refractivity contribution in [3.05, 3.63) is 70.4 Å². The second-order valence-corrected chi connectivity index (χ2v) is 11.8. The normalized spacial score (nSPS) is 19.7. The number of nitrogens with one attached hydrogen (secondary N) is 1. The molecule has 6 rings (SSSR count). The molecule has 0 bridgehead atoms. The van der Waals surface area contributed by atoms with E-state index in [4.69, 9.17) is 0 Å². The van der Waals surface area contributed by atoms with Gasteiger partial charge >= 0.3 is 5.97 Å². The monoisotopic (exact) mass is 557 g/mol. The van der Waals surface area contributed by atoms with Crippen LogP contribution in [0.2, 0.25) is 0 Å². The van der Waals surface area contributed by atoms with Crippen molar-refractivity contribution in [2.24, 2.45) is 5.92 Å². The zero-order valence-corrected chi connectivity index (χ0v) is 23.4. The quantitative estimate of drug-likeness (QED) is 0.283. The Bertz CT molecular complexity index is 1620. The number of aromatic nitrogens is 6. The van der Waals surface area contributed by atoms with Gasteiger partial charge in [0.05, 0.1) is 42.2 Å². The second-order valence-electron chi connectivity index (χ2n) is 11.8. The number of aryl methyl sites for hydroxylation is 2. The minimum absolute atomic E-state index is 0.0884. The number of tetrazole rings is 1. The second kappa shape index (κ2) is 9.99. The van der Waals surface area contributed by atoms with Crippen molar-refractivity contribution in [3.63, 3.8) is 0 Å². The van der Waals surface area contributed by atoms with Gasteiger partial charge < -0.3 is 15.5 Å². The van der Waals surface area contributed by atoms with Crippen LogP contribution in [0.25, 0.3) is 22.5 Å². The molecule has 10 nitrogen and oxygen atoms in total. The first-order valence-electron chi connectivity index (χ1n) is 13.7. The molecule has 0 radical (unpaired) electrons. The van der Waals surface area contributed by atoms with Gasteiger partial charge in [-0.1, -0.05) is 6.07 Å². The van der Waals surface area contributed by atoms with Gasteiger partial charge in [-0.3, -0.25) is 9.78 Å². The molecule has 3 N–H and O–H groups in total. The Kier molecular flexibility index (Phi) is 6.56. The van der Waals surface area contributed by atoms with Crippen molar-refractivity contribution in [1.82, 2.24) is 30.2 Å². The van der Waals surface area contributed by atoms with Crippen LogP contribution in [-0.4, -0.2) is 52.0 Å². The maximum absolute atomic E-state index is 15.3. The number of carboxylic acid groups (broad SMARTS) is 1. The number of hydrogen-bond donors (Lipinski definition) is 3. The fourth-order valence-corrected chi connectivity index (χ4v) is 5.96. The van der Waals surface area contributed by atoms with E-state index in [-0.39, 0.29) is 30.2 Å². The molecule has 2 heterocycles. The lowest BCUT2D eigenvalue weighted by Gasteiger charge is -2.18. The molecule has 0 aliphatic heterocycles. The highest BCUT2D eigenvalue weighted by atomic mass is 19.1. The third-order valence-corrected chi connectivity index (χ3v) is 7.86. The van der Waals surface area contributed by atoms with Gasteiger partial charge in [0.15, 0.2) is 0 Å². The molecule has 212 valence electrons. The molecular weight excluding hydrogens is 525 g/mol. The number of nitrogens with zero attached hydrogens (tertiary/aromatic N) is 6. The Labute approximate surface area is 236 Å². The number of aliphatic hydroxyl groups is 1. The van der Waals surface area contributed by atoms with Crippen molar-refractivity contribution >= 4 is 11.8 Å². The van der Waals surface area contributed by atoms with Crippen LogP contribution in [-0.2, 0) is 17.8 Å². The van der Waals surface area contributed by atoms with Crippen LogP contribution in [0.1, 0.15) is 66.6 Å². The summed E-state index contributed by atoms with van der Waals surface area (Å²) in [6, 6.07) is 7.15. The molecule has 41 heavy (non-hydrogen) atoms. The summed E-state index contributed by atoms with van der Waals surface area (Å²) in [4.78, 5) is 21.4. The summed E-state index contributed by atoms with van der Waals surface area (Å²) < 4.78 is 15.3. The Balaban J connectivity index is 1.26. The lowest BCUT2D eigenvalue weighted by molar-refractivity contribution is -0.138. The summed E-state index contributed by atoms with van der Waals surface area (Å²) in [5.74, 6) is -0.528. The molecule has 1 fully saturated rings. The Morgan fingerprint density at radius 3 is 2.56 bits per heavy atom. The lowest BCUT2D eigenvalue weighted by atomic mass is 9.89. The summed E-state index contributed by atoms with van der Waals surface area (Å²) in [6.45, 7) is 7.67. The maximum Gasteiger partial charge on any atom is 0.307 e. The predicted molar refractivity (Wildman–Crippen MR) is 150 cm³/mol. The number of halogens is 1. The topological polar surface area (TPSA) is 139 Å². The van der Waals surface area contributed by atoms with Gasteiger partial charge in [0, 0.05) is 17.0 Å². The summed E-state index contributed by atoms with van der Waals surface area (Å²) in [5, 5.41) is 35.3. The molecule has 2 aromatic carbocycles. The molecular formula is C30H32FN7O3. The first-order chi connectivity index (χ1) is 19.5. The number of carboxylic acids is 1. The number of fused-ring (bicyclic) bond motifs is 1. The van der Waals surface area contributed by atoms with Crippen LogP contribution >= 0.6 is 0 Å². The van der Waals surface area contributed by atoms with E-state index in [1.54, 1.807) is 26.2 Å². The smallest absolute Gasteiger partial charge is 0.307 e. The first kappa shape index (κ1) is 26.9. The highest BCUT2D eigenvalue weighted by Crippen LogP contribution is 2.47. The molecule has 4 aromatic rings. The number of rotatable bonds is 8. The van der Waals surface area contributed by atoms with Crippen molar-refractivity contribution in [2.75, 3.05) is 5.32 Å². The average molecular weight is 558 g/mol. The largest absolute Gasteiger partial charge is 0.481 e. The van der Waals surface area contributed by atoms with Gasteiger partial charge in [-0.25, -0.2) is 9.37 Å². The molecule has 2 aliphatic carbocycles. The summed E-state index contributed by atoms with van der Waals surface area (Å²) in [5.41, 5.74) is 6.25. The summed E-state index contributed by atoms with van der Waals surface area (Å²) >= 11 is 0. The molecule has 2 aliphatic rings. The van der Waals surface area contributed by atoms with Crippen LogP contribution < -0.4 is 5.32 Å². The number of aliphatic carboxylic acids is 1. The number of anilines is 1. The van der Waals surface area contributed by atoms with E-state index in [1.165, 1.54) is 10.9 Å². The molecule has 1 saturated carbocycles.